The van der Waals surface area contributed by atoms with Crippen LogP contribution in [-0.4, -0.2) is 50.7 Å². The number of ether oxygens (including phenoxy) is 3. The fraction of sp³-hybridized carbons (Fsp3) is 0.963. The van der Waals surface area contributed by atoms with Crippen molar-refractivity contribution in [2.45, 2.75) is 96.9 Å². The standard InChI is InChI=1S/C27H46O5/c1-16(7-10-24(28)29)19-8-9-20-25-21(15-23(32-6)27(19,20)3)26(2)12-11-18(30-4)13-17(26)14-22(25)31-5/h16-23,25H,7-15H2,1-6H3,(H,28,29)/t16-,17+,18-,19-,20+,21+,22-,23+,25+,26+,27-/m1/s1. The Balaban J connectivity index is 1.65. The maximum absolute atomic E-state index is 11.2. The molecule has 4 saturated carbocycles. The zero-order valence-corrected chi connectivity index (χ0v) is 21.1. The number of rotatable bonds is 7. The van der Waals surface area contributed by atoms with Crippen LogP contribution in [0.25, 0.3) is 0 Å². The Labute approximate surface area is 195 Å². The van der Waals surface area contributed by atoms with Gasteiger partial charge in [0.1, 0.15) is 0 Å². The zero-order chi connectivity index (χ0) is 23.3. The van der Waals surface area contributed by atoms with Gasteiger partial charge in [-0.15, -0.1) is 0 Å². The van der Waals surface area contributed by atoms with Crippen molar-refractivity contribution in [1.82, 2.24) is 0 Å². The van der Waals surface area contributed by atoms with E-state index in [0.717, 1.165) is 25.7 Å². The lowest BCUT2D eigenvalue weighted by molar-refractivity contribution is -0.218. The van der Waals surface area contributed by atoms with Gasteiger partial charge in [-0.2, -0.15) is 0 Å². The third-order valence-electron chi connectivity index (χ3n) is 11.2. The van der Waals surface area contributed by atoms with Gasteiger partial charge in [0, 0.05) is 33.2 Å². The average Bonchev–Trinajstić information content (AvgIpc) is 3.13. The van der Waals surface area contributed by atoms with Crippen molar-refractivity contribution >= 4 is 5.97 Å². The highest BCUT2D eigenvalue weighted by Crippen LogP contribution is 2.69. The van der Waals surface area contributed by atoms with Crippen LogP contribution in [0.4, 0.5) is 0 Å². The molecule has 4 aliphatic carbocycles. The molecule has 5 nitrogen and oxygen atoms in total. The highest BCUT2D eigenvalue weighted by atomic mass is 16.5. The van der Waals surface area contributed by atoms with Crippen LogP contribution in [-0.2, 0) is 19.0 Å². The smallest absolute Gasteiger partial charge is 0.303 e. The minimum absolute atomic E-state index is 0.0948. The van der Waals surface area contributed by atoms with Gasteiger partial charge in [0.2, 0.25) is 0 Å². The van der Waals surface area contributed by atoms with Crippen LogP contribution in [0.5, 0.6) is 0 Å². The van der Waals surface area contributed by atoms with Crippen LogP contribution in [0.3, 0.4) is 0 Å². The van der Waals surface area contributed by atoms with E-state index in [4.69, 9.17) is 14.2 Å². The number of carboxylic acid groups (broad SMARTS) is 1. The lowest BCUT2D eigenvalue weighted by atomic mass is 9.43. The maximum Gasteiger partial charge on any atom is 0.303 e. The number of carbonyl (C=O) groups is 1. The first-order valence-corrected chi connectivity index (χ1v) is 13.0. The molecule has 0 bridgehead atoms. The van der Waals surface area contributed by atoms with Crippen molar-refractivity contribution < 1.29 is 24.1 Å². The van der Waals surface area contributed by atoms with Crippen LogP contribution >= 0.6 is 0 Å². The normalized spacial score (nSPS) is 49.1. The van der Waals surface area contributed by atoms with Crippen molar-refractivity contribution in [1.29, 1.82) is 0 Å². The third kappa shape index (κ3) is 3.75. The number of hydrogen-bond acceptors (Lipinski definition) is 4. The van der Waals surface area contributed by atoms with E-state index in [0.29, 0.717) is 53.1 Å². The molecule has 4 rings (SSSR count). The summed E-state index contributed by atoms with van der Waals surface area (Å²) >= 11 is 0. The van der Waals surface area contributed by atoms with E-state index in [1.54, 1.807) is 0 Å². The van der Waals surface area contributed by atoms with Crippen molar-refractivity contribution in [3.05, 3.63) is 0 Å². The van der Waals surface area contributed by atoms with Gasteiger partial charge in [-0.05, 0) is 92.3 Å². The van der Waals surface area contributed by atoms with E-state index in [1.165, 1.54) is 25.7 Å². The number of hydrogen-bond donors (Lipinski definition) is 1. The molecule has 1 N–H and O–H groups in total. The van der Waals surface area contributed by atoms with Crippen molar-refractivity contribution in [2.75, 3.05) is 21.3 Å². The van der Waals surface area contributed by atoms with E-state index >= 15 is 0 Å². The maximum atomic E-state index is 11.2. The predicted octanol–water partition coefficient (Wildman–Crippen LogP) is 5.41. The van der Waals surface area contributed by atoms with Gasteiger partial charge in [-0.3, -0.25) is 4.79 Å². The molecule has 32 heavy (non-hydrogen) atoms. The Bertz CT molecular complexity index is 681. The second-order valence-electron chi connectivity index (χ2n) is 12.1. The molecule has 0 radical (unpaired) electrons. The summed E-state index contributed by atoms with van der Waals surface area (Å²) in [5, 5.41) is 9.25. The lowest BCUT2D eigenvalue weighted by Gasteiger charge is -2.64. The van der Waals surface area contributed by atoms with Crippen LogP contribution in [0, 0.1) is 46.3 Å². The van der Waals surface area contributed by atoms with E-state index in [9.17, 15) is 9.90 Å². The Morgan fingerprint density at radius 1 is 1.00 bits per heavy atom. The predicted molar refractivity (Wildman–Crippen MR) is 124 cm³/mol. The Kier molecular flexibility index (Phi) is 7.03. The van der Waals surface area contributed by atoms with Gasteiger partial charge in [0.05, 0.1) is 18.3 Å². The minimum atomic E-state index is -0.680. The van der Waals surface area contributed by atoms with Crippen LogP contribution in [0.2, 0.25) is 0 Å². The van der Waals surface area contributed by atoms with Gasteiger partial charge in [0.15, 0.2) is 0 Å². The summed E-state index contributed by atoms with van der Waals surface area (Å²) in [6.07, 6.45) is 10.2. The topological polar surface area (TPSA) is 65.0 Å². The molecule has 4 aliphatic rings. The highest BCUT2D eigenvalue weighted by Gasteiger charge is 2.66. The molecule has 0 amide bonds. The second-order valence-corrected chi connectivity index (χ2v) is 12.1. The summed E-state index contributed by atoms with van der Waals surface area (Å²) in [4.78, 5) is 11.2. The quantitative estimate of drug-likeness (QED) is 0.562. The first-order valence-electron chi connectivity index (χ1n) is 13.0. The molecule has 0 heterocycles. The summed E-state index contributed by atoms with van der Waals surface area (Å²) in [6.45, 7) is 7.31. The van der Waals surface area contributed by atoms with Gasteiger partial charge in [-0.1, -0.05) is 20.8 Å². The molecule has 0 aromatic heterocycles. The van der Waals surface area contributed by atoms with Gasteiger partial charge in [0.25, 0.3) is 0 Å². The molecule has 0 aliphatic heterocycles. The minimum Gasteiger partial charge on any atom is -0.481 e. The fourth-order valence-electron chi connectivity index (χ4n) is 9.43. The van der Waals surface area contributed by atoms with Crippen LogP contribution < -0.4 is 0 Å². The molecule has 4 fully saturated rings. The Morgan fingerprint density at radius 2 is 1.75 bits per heavy atom. The average molecular weight is 451 g/mol. The van der Waals surface area contributed by atoms with E-state index in [1.807, 2.05) is 21.3 Å². The molecule has 0 spiro atoms. The summed E-state index contributed by atoms with van der Waals surface area (Å²) in [5.41, 5.74) is 0.428. The molecule has 0 aromatic carbocycles. The summed E-state index contributed by atoms with van der Waals surface area (Å²) < 4.78 is 18.4. The summed E-state index contributed by atoms with van der Waals surface area (Å²) in [5.74, 6) is 2.69. The highest BCUT2D eigenvalue weighted by molar-refractivity contribution is 5.66. The van der Waals surface area contributed by atoms with E-state index in [-0.39, 0.29) is 17.9 Å². The van der Waals surface area contributed by atoms with E-state index in [2.05, 4.69) is 20.8 Å². The number of fused-ring (bicyclic) bond motifs is 5. The first kappa shape index (κ1) is 24.5. The molecule has 0 aromatic rings. The van der Waals surface area contributed by atoms with Crippen molar-refractivity contribution in [3.8, 4) is 0 Å². The van der Waals surface area contributed by atoms with Gasteiger partial charge >= 0.3 is 5.97 Å². The van der Waals surface area contributed by atoms with Crippen molar-refractivity contribution in [2.24, 2.45) is 46.3 Å². The molecular formula is C27H46O5. The molecular weight excluding hydrogens is 404 g/mol. The molecule has 11 atom stereocenters. The SMILES string of the molecule is CO[C@@H]1CC[C@@]2(C)[C@@H](C1)C[C@@H](OC)[C@@H]1[C@@H]2C[C@H](OC)[C@]2(C)[C@@H]([C@H](C)CCC(=O)O)CC[C@@H]12. The van der Waals surface area contributed by atoms with E-state index < -0.39 is 5.97 Å². The van der Waals surface area contributed by atoms with Gasteiger partial charge < -0.3 is 19.3 Å². The third-order valence-corrected chi connectivity index (χ3v) is 11.2. The molecule has 0 unspecified atom stereocenters. The summed E-state index contributed by atoms with van der Waals surface area (Å²) in [7, 11) is 5.69. The summed E-state index contributed by atoms with van der Waals surface area (Å²) in [6, 6.07) is 0. The van der Waals surface area contributed by atoms with Crippen LogP contribution in [0.15, 0.2) is 0 Å². The largest absolute Gasteiger partial charge is 0.481 e. The fourth-order valence-corrected chi connectivity index (χ4v) is 9.43. The van der Waals surface area contributed by atoms with Crippen LogP contribution in [0.1, 0.15) is 78.6 Å². The van der Waals surface area contributed by atoms with Crippen molar-refractivity contribution in [3.63, 3.8) is 0 Å². The molecule has 184 valence electrons. The zero-order valence-electron chi connectivity index (χ0n) is 21.1. The molecule has 5 heteroatoms. The Morgan fingerprint density at radius 3 is 2.38 bits per heavy atom. The number of aliphatic carboxylic acids is 1. The Hall–Kier alpha value is -0.650. The number of carboxylic acids is 1. The second kappa shape index (κ2) is 9.19. The van der Waals surface area contributed by atoms with Gasteiger partial charge in [-0.25, -0.2) is 0 Å². The lowest BCUT2D eigenvalue weighted by Crippen LogP contribution is -2.63. The first-order chi connectivity index (χ1) is 15.2. The number of methoxy groups -OCH3 is 3. The monoisotopic (exact) mass is 450 g/mol. The molecule has 0 saturated heterocycles.